The minimum absolute atomic E-state index is 0. The Morgan fingerprint density at radius 1 is 0.594 bits per heavy atom. The number of hydrogen-bond donors (Lipinski definition) is 3. The smallest absolute Gasteiger partial charge is 0.381 e. The van der Waals surface area contributed by atoms with Crippen LogP contribution in [0.15, 0.2) is 108 Å². The number of rotatable bonds is 9. The van der Waals surface area contributed by atoms with Crippen molar-refractivity contribution >= 4 is 68.3 Å². The van der Waals surface area contributed by atoms with Gasteiger partial charge in [0.15, 0.2) is 10.3 Å². The monoisotopic (exact) mass is 896 g/mol. The van der Waals surface area contributed by atoms with Gasteiger partial charge >= 0.3 is 11.9 Å². The first-order chi connectivity index (χ1) is 29.8. The van der Waals surface area contributed by atoms with Crippen LogP contribution in [0.3, 0.4) is 0 Å². The zero-order valence-corrected chi connectivity index (χ0v) is 35.5. The predicted molar refractivity (Wildman–Crippen MR) is 246 cm³/mol. The average molecular weight is 897 g/mol. The van der Waals surface area contributed by atoms with Crippen molar-refractivity contribution in [3.8, 4) is 0 Å². The number of carboxylic acids is 1. The number of Topliss-reactive ketones (excluding diaryl/α,β-unsaturated/α-hetero) is 2. The van der Waals surface area contributed by atoms with Crippen LogP contribution in [0, 0.1) is 10.8 Å². The second-order valence-corrected chi connectivity index (χ2v) is 18.1. The van der Waals surface area contributed by atoms with E-state index in [1.807, 2.05) is 50.2 Å². The molecule has 2 aromatic heterocycles. The van der Waals surface area contributed by atoms with Crippen LogP contribution in [0.1, 0.15) is 138 Å². The van der Waals surface area contributed by atoms with Crippen molar-refractivity contribution in [3.63, 3.8) is 0 Å². The van der Waals surface area contributed by atoms with Crippen LogP contribution in [-0.2, 0) is 23.9 Å². The molecule has 4 aromatic carbocycles. The summed E-state index contributed by atoms with van der Waals surface area (Å²) in [7, 11) is 0. The standard InChI is InChI=1S/C25H22N2O4S.C23H18N2O4S.2CH4/c1-3-31-22(29)21(28)19-13-32-24(26-19)27-23(30)25(2)12-18-14-8-4-6-10-16(14)20(25)17-11-7-5-9-15(17)18;1-23(21(29)25-22-24-17(11-30-22)19(26)20(27)28)10-16-12-6-2-4-8-14(12)18(23)15-9-5-3-7-13(15)16;;/h4-11,13,18,20H,3,12H2,1-2H3,(H,26,27,30);2-9,11,16,18H,10H2,1H3,(H,27,28)(H,24,25,29);2*1H4. The van der Waals surface area contributed by atoms with Crippen LogP contribution in [0.5, 0.6) is 0 Å². The van der Waals surface area contributed by atoms with Crippen LogP contribution in [0.4, 0.5) is 10.3 Å². The number of esters is 1. The SMILES string of the molecule is C.C.CC1(C(=O)Nc2nc(C(=O)C(=O)O)cs2)CC2c3ccccc3C1c1ccccc12.CCOC(=O)C(=O)c1csc(NC(=O)C2(C)CC3c4ccccc4C2c2ccccc23)n1. The summed E-state index contributed by atoms with van der Waals surface area (Å²) in [5.41, 5.74) is 8.29. The maximum Gasteiger partial charge on any atom is 0.381 e. The number of nitrogens with one attached hydrogen (secondary N) is 2. The summed E-state index contributed by atoms with van der Waals surface area (Å²) in [5.74, 6) is -4.59. The number of amides is 2. The third-order valence-electron chi connectivity index (χ3n) is 12.9. The normalized spacial score (nSPS) is 22.2. The van der Waals surface area contributed by atoms with E-state index in [2.05, 4.69) is 81.3 Å². The van der Waals surface area contributed by atoms with Gasteiger partial charge in [-0.25, -0.2) is 19.6 Å². The van der Waals surface area contributed by atoms with Crippen molar-refractivity contribution in [1.29, 1.82) is 0 Å². The number of hydrogen-bond acceptors (Lipinski definition) is 11. The Morgan fingerprint density at radius 3 is 1.25 bits per heavy atom. The summed E-state index contributed by atoms with van der Waals surface area (Å²) < 4.78 is 4.75. The highest BCUT2D eigenvalue weighted by atomic mass is 32.1. The van der Waals surface area contributed by atoms with Gasteiger partial charge in [0.1, 0.15) is 11.4 Å². The molecule has 3 N–H and O–H groups in total. The van der Waals surface area contributed by atoms with Gasteiger partial charge in [-0.2, -0.15) is 0 Å². The Hall–Kier alpha value is -6.64. The van der Waals surface area contributed by atoms with E-state index < -0.39 is 34.3 Å². The molecule has 12 rings (SSSR count). The zero-order chi connectivity index (χ0) is 43.5. The lowest BCUT2D eigenvalue weighted by Crippen LogP contribution is -2.47. The molecule has 2 heterocycles. The third kappa shape index (κ3) is 7.43. The molecule has 64 heavy (non-hydrogen) atoms. The third-order valence-corrected chi connectivity index (χ3v) is 14.4. The van der Waals surface area contributed by atoms with Gasteiger partial charge in [-0.3, -0.25) is 19.2 Å². The molecular weight excluding hydrogens is 849 g/mol. The topological polar surface area (TPSA) is 182 Å². The number of carbonyl (C=O) groups is 6. The van der Waals surface area contributed by atoms with Gasteiger partial charge in [0.2, 0.25) is 11.8 Å². The second kappa shape index (κ2) is 17.5. The molecule has 12 nitrogen and oxygen atoms in total. The van der Waals surface area contributed by atoms with Crippen LogP contribution in [0.25, 0.3) is 0 Å². The first-order valence-electron chi connectivity index (χ1n) is 20.2. The molecule has 0 spiro atoms. The van der Waals surface area contributed by atoms with E-state index in [0.717, 1.165) is 22.7 Å². The lowest BCUT2D eigenvalue weighted by Gasteiger charge is -2.50. The number of aliphatic carboxylic acids is 1. The summed E-state index contributed by atoms with van der Waals surface area (Å²) in [6.45, 7) is 5.72. The molecule has 0 aliphatic heterocycles. The minimum atomic E-state index is -1.57. The Bertz CT molecular complexity index is 2760. The van der Waals surface area contributed by atoms with Crippen molar-refractivity contribution in [3.05, 3.63) is 164 Å². The van der Waals surface area contributed by atoms with E-state index >= 15 is 0 Å². The molecule has 2 atom stereocenters. The van der Waals surface area contributed by atoms with E-state index in [0.29, 0.717) is 18.0 Å². The molecule has 0 saturated heterocycles. The Morgan fingerprint density at radius 2 is 0.922 bits per heavy atom. The summed E-state index contributed by atoms with van der Waals surface area (Å²) in [6, 6.07) is 33.3. The van der Waals surface area contributed by atoms with Gasteiger partial charge in [0, 0.05) is 34.4 Å². The van der Waals surface area contributed by atoms with Crippen molar-refractivity contribution < 1.29 is 38.6 Å². The summed E-state index contributed by atoms with van der Waals surface area (Å²) in [6.07, 6.45) is 1.36. The van der Waals surface area contributed by atoms with E-state index in [9.17, 15) is 28.8 Å². The second-order valence-electron chi connectivity index (χ2n) is 16.4. The molecule has 0 radical (unpaired) electrons. The van der Waals surface area contributed by atoms with Crippen LogP contribution in [0.2, 0.25) is 0 Å². The fraction of sp³-hybridized carbons (Fsp3) is 0.280. The number of benzene rings is 4. The molecular formula is C50H48N4O8S2. The predicted octanol–water partition coefficient (Wildman–Crippen LogP) is 9.82. The summed E-state index contributed by atoms with van der Waals surface area (Å²) in [4.78, 5) is 81.6. The highest BCUT2D eigenvalue weighted by Gasteiger charge is 2.55. The van der Waals surface area contributed by atoms with Gasteiger partial charge in [-0.15, -0.1) is 22.7 Å². The number of anilines is 2. The lowest BCUT2D eigenvalue weighted by molar-refractivity contribution is -0.137. The largest absolute Gasteiger partial charge is 0.475 e. The summed E-state index contributed by atoms with van der Waals surface area (Å²) >= 11 is 2.17. The van der Waals surface area contributed by atoms with Crippen molar-refractivity contribution in [2.75, 3.05) is 17.2 Å². The van der Waals surface area contributed by atoms with Gasteiger partial charge in [-0.1, -0.05) is 112 Å². The van der Waals surface area contributed by atoms with Crippen LogP contribution in [-0.4, -0.2) is 57.0 Å². The number of aromatic nitrogens is 2. The molecule has 0 saturated carbocycles. The molecule has 14 heteroatoms. The van der Waals surface area contributed by atoms with Gasteiger partial charge in [-0.05, 0) is 78.1 Å². The Balaban J connectivity index is 0.000000186. The number of fused-ring (bicyclic) bond motifs is 2. The molecule has 328 valence electrons. The molecule has 6 aliphatic rings. The van der Waals surface area contributed by atoms with Crippen LogP contribution < -0.4 is 10.6 Å². The molecule has 6 aliphatic carbocycles. The Labute approximate surface area is 379 Å². The summed E-state index contributed by atoms with van der Waals surface area (Å²) in [5, 5.41) is 18.0. The quantitative estimate of drug-likeness (QED) is 0.0718. The number of ketones is 2. The van der Waals surface area contributed by atoms with Crippen molar-refractivity contribution in [2.24, 2.45) is 10.8 Å². The van der Waals surface area contributed by atoms with E-state index in [1.54, 1.807) is 6.92 Å². The first-order valence-corrected chi connectivity index (χ1v) is 22.0. The van der Waals surface area contributed by atoms with Crippen LogP contribution >= 0.6 is 22.7 Å². The molecule has 6 aromatic rings. The van der Waals surface area contributed by atoms with Gasteiger partial charge in [0.25, 0.3) is 11.6 Å². The van der Waals surface area contributed by atoms with Gasteiger partial charge in [0.05, 0.1) is 17.4 Å². The fourth-order valence-electron chi connectivity index (χ4n) is 10.1. The fourth-order valence-corrected chi connectivity index (χ4v) is 11.5. The number of nitrogens with zero attached hydrogens (tertiary/aromatic N) is 2. The van der Waals surface area contributed by atoms with Crippen molar-refractivity contribution in [2.45, 2.75) is 72.1 Å². The maximum absolute atomic E-state index is 13.6. The maximum atomic E-state index is 13.6. The molecule has 0 fully saturated rings. The number of carbonyl (C=O) groups excluding carboxylic acids is 5. The molecule has 2 amide bonds. The number of ether oxygens (including phenoxy) is 1. The van der Waals surface area contributed by atoms with Gasteiger partial charge < -0.3 is 20.5 Å². The number of carboxylic acid groups (broad SMARTS) is 1. The molecule has 2 unspecified atom stereocenters. The van der Waals surface area contributed by atoms with E-state index in [-0.39, 0.29) is 73.5 Å². The average Bonchev–Trinajstić information content (AvgIpc) is 3.96. The first kappa shape index (κ1) is 45.4. The lowest BCUT2D eigenvalue weighted by atomic mass is 9.52. The van der Waals surface area contributed by atoms with Crippen molar-refractivity contribution in [1.82, 2.24) is 9.97 Å². The van der Waals surface area contributed by atoms with E-state index in [4.69, 9.17) is 9.84 Å². The number of thiazole rings is 2. The minimum Gasteiger partial charge on any atom is -0.475 e. The Kier molecular flexibility index (Phi) is 12.4. The van der Waals surface area contributed by atoms with E-state index in [1.165, 1.54) is 55.3 Å². The molecule has 4 bridgehead atoms. The highest BCUT2D eigenvalue weighted by molar-refractivity contribution is 7.14. The highest BCUT2D eigenvalue weighted by Crippen LogP contribution is 2.62. The zero-order valence-electron chi connectivity index (χ0n) is 33.8.